The van der Waals surface area contributed by atoms with Gasteiger partial charge in [0.2, 0.25) is 0 Å². The second-order valence-corrected chi connectivity index (χ2v) is 5.76. The van der Waals surface area contributed by atoms with E-state index in [1.54, 1.807) is 55.5 Å². The zero-order chi connectivity index (χ0) is 18.2. The van der Waals surface area contributed by atoms with Crippen LogP contribution in [0, 0.1) is 0 Å². The number of carbonyl (C=O) groups excluding carboxylic acids is 2. The quantitative estimate of drug-likeness (QED) is 0.336. The van der Waals surface area contributed by atoms with Gasteiger partial charge in [-0.25, -0.2) is 4.79 Å². The fourth-order valence-corrected chi connectivity index (χ4v) is 2.11. The van der Waals surface area contributed by atoms with Crippen LogP contribution in [0.25, 0.3) is 0 Å². The first-order valence-electron chi connectivity index (χ1n) is 7.46. The van der Waals surface area contributed by atoms with Crippen LogP contribution in [-0.4, -0.2) is 18.5 Å². The molecule has 0 atom stereocenters. The van der Waals surface area contributed by atoms with Gasteiger partial charge >= 0.3 is 5.97 Å². The molecule has 2 aromatic rings. The van der Waals surface area contributed by atoms with E-state index in [1.807, 2.05) is 0 Å². The lowest BCUT2D eigenvalue weighted by atomic mass is 10.2. The van der Waals surface area contributed by atoms with E-state index in [2.05, 4.69) is 10.6 Å². The van der Waals surface area contributed by atoms with Crippen LogP contribution in [0.15, 0.2) is 60.3 Å². The first-order valence-corrected chi connectivity index (χ1v) is 8.21. The number of carbonyl (C=O) groups is 2. The number of halogens is 2. The second-order valence-electron chi connectivity index (χ2n) is 4.89. The molecule has 0 fully saturated rings. The lowest BCUT2D eigenvalue weighted by Crippen LogP contribution is -2.23. The molecule has 5 nitrogen and oxygen atoms in total. The molecule has 2 rings (SSSR count). The van der Waals surface area contributed by atoms with Gasteiger partial charge in [-0.1, -0.05) is 23.2 Å². The normalized spacial score (nSPS) is 10.9. The summed E-state index contributed by atoms with van der Waals surface area (Å²) < 4.78 is 4.94. The van der Waals surface area contributed by atoms with Gasteiger partial charge in [0.05, 0.1) is 6.61 Å². The molecule has 130 valence electrons. The summed E-state index contributed by atoms with van der Waals surface area (Å²) in [7, 11) is 0. The van der Waals surface area contributed by atoms with Crippen molar-refractivity contribution in [2.24, 2.45) is 0 Å². The highest BCUT2D eigenvalue weighted by Gasteiger charge is 2.20. The minimum absolute atomic E-state index is 0.158. The SMILES string of the molecule is CCOC(=O)/C(=C/Nc1ccc(Cl)cc1)C(=O)Nc1ccc(Cl)cc1. The van der Waals surface area contributed by atoms with E-state index < -0.39 is 11.9 Å². The summed E-state index contributed by atoms with van der Waals surface area (Å²) in [6.45, 7) is 1.82. The smallest absolute Gasteiger partial charge is 0.345 e. The van der Waals surface area contributed by atoms with E-state index in [9.17, 15) is 9.59 Å². The Labute approximate surface area is 155 Å². The molecule has 0 aliphatic rings. The number of amides is 1. The predicted octanol–water partition coefficient (Wildman–Crippen LogP) is 4.49. The average Bonchev–Trinajstić information content (AvgIpc) is 2.59. The predicted molar refractivity (Wildman–Crippen MR) is 99.9 cm³/mol. The molecule has 0 aliphatic heterocycles. The number of ether oxygens (including phenoxy) is 1. The number of esters is 1. The van der Waals surface area contributed by atoms with Crippen molar-refractivity contribution in [3.63, 3.8) is 0 Å². The molecule has 0 radical (unpaired) electrons. The lowest BCUT2D eigenvalue weighted by molar-refractivity contribution is -0.139. The van der Waals surface area contributed by atoms with Gasteiger partial charge in [-0.2, -0.15) is 0 Å². The molecule has 0 bridgehead atoms. The molecule has 0 saturated heterocycles. The van der Waals surface area contributed by atoms with Gasteiger partial charge in [0.1, 0.15) is 5.57 Å². The standard InChI is InChI=1S/C18H16Cl2N2O3/c1-2-25-18(24)16(11-21-14-7-3-12(19)4-8-14)17(23)22-15-9-5-13(20)6-10-15/h3-11,21H,2H2,1H3,(H,22,23)/b16-11+. The van der Waals surface area contributed by atoms with Crippen molar-refractivity contribution in [3.05, 3.63) is 70.3 Å². The minimum Gasteiger partial charge on any atom is -0.462 e. The molecule has 1 amide bonds. The molecule has 25 heavy (non-hydrogen) atoms. The van der Waals surface area contributed by atoms with Crippen molar-refractivity contribution in [3.8, 4) is 0 Å². The number of anilines is 2. The summed E-state index contributed by atoms with van der Waals surface area (Å²) in [5, 5.41) is 6.64. The van der Waals surface area contributed by atoms with Crippen molar-refractivity contribution in [2.75, 3.05) is 17.2 Å². The summed E-state index contributed by atoms with van der Waals surface area (Å²) >= 11 is 11.6. The molecule has 2 aromatic carbocycles. The van der Waals surface area contributed by atoms with Crippen LogP contribution < -0.4 is 10.6 Å². The molecule has 0 saturated carbocycles. The molecular weight excluding hydrogens is 363 g/mol. The first-order chi connectivity index (χ1) is 12.0. The van der Waals surface area contributed by atoms with E-state index in [1.165, 1.54) is 6.20 Å². The average molecular weight is 379 g/mol. The maximum absolute atomic E-state index is 12.4. The van der Waals surface area contributed by atoms with Crippen molar-refractivity contribution in [1.82, 2.24) is 0 Å². The van der Waals surface area contributed by atoms with E-state index in [-0.39, 0.29) is 12.2 Å². The zero-order valence-electron chi connectivity index (χ0n) is 13.4. The fourth-order valence-electron chi connectivity index (χ4n) is 1.86. The highest BCUT2D eigenvalue weighted by molar-refractivity contribution is 6.31. The highest BCUT2D eigenvalue weighted by atomic mass is 35.5. The van der Waals surface area contributed by atoms with E-state index >= 15 is 0 Å². The van der Waals surface area contributed by atoms with Crippen molar-refractivity contribution in [1.29, 1.82) is 0 Å². The van der Waals surface area contributed by atoms with Gasteiger partial charge < -0.3 is 15.4 Å². The van der Waals surface area contributed by atoms with Crippen molar-refractivity contribution in [2.45, 2.75) is 6.92 Å². The third-order valence-electron chi connectivity index (χ3n) is 3.07. The zero-order valence-corrected chi connectivity index (χ0v) is 14.9. The van der Waals surface area contributed by atoms with Crippen LogP contribution in [0.5, 0.6) is 0 Å². The minimum atomic E-state index is -0.726. The Morgan fingerprint density at radius 2 is 1.48 bits per heavy atom. The summed E-state index contributed by atoms with van der Waals surface area (Å²) in [6, 6.07) is 13.4. The topological polar surface area (TPSA) is 67.4 Å². The Balaban J connectivity index is 2.17. The molecule has 0 aliphatic carbocycles. The van der Waals surface area contributed by atoms with Crippen LogP contribution in [-0.2, 0) is 14.3 Å². The Bertz CT molecular complexity index is 772. The fraction of sp³-hybridized carbons (Fsp3) is 0.111. The molecule has 2 N–H and O–H groups in total. The summed E-state index contributed by atoms with van der Waals surface area (Å²) in [4.78, 5) is 24.5. The van der Waals surface area contributed by atoms with Gasteiger partial charge in [0.15, 0.2) is 0 Å². The summed E-state index contributed by atoms with van der Waals surface area (Å²) in [5.74, 6) is -1.32. The third kappa shape index (κ3) is 5.81. The Morgan fingerprint density at radius 1 is 0.960 bits per heavy atom. The van der Waals surface area contributed by atoms with Crippen molar-refractivity contribution < 1.29 is 14.3 Å². The molecule has 0 heterocycles. The summed E-state index contributed by atoms with van der Waals surface area (Å²) in [5.41, 5.74) is 1.02. The highest BCUT2D eigenvalue weighted by Crippen LogP contribution is 2.16. The first kappa shape index (κ1) is 18.8. The number of nitrogens with one attached hydrogen (secondary N) is 2. The Morgan fingerprint density at radius 3 is 2.00 bits per heavy atom. The largest absolute Gasteiger partial charge is 0.462 e. The molecular formula is C18H16Cl2N2O3. The number of rotatable bonds is 6. The van der Waals surface area contributed by atoms with Gasteiger partial charge in [-0.3, -0.25) is 4.79 Å². The Hall–Kier alpha value is -2.50. The van der Waals surface area contributed by atoms with E-state index in [4.69, 9.17) is 27.9 Å². The van der Waals surface area contributed by atoms with Crippen LogP contribution >= 0.6 is 23.2 Å². The molecule has 0 aromatic heterocycles. The lowest BCUT2D eigenvalue weighted by Gasteiger charge is -2.09. The van der Waals surface area contributed by atoms with Gasteiger partial charge in [-0.15, -0.1) is 0 Å². The van der Waals surface area contributed by atoms with Gasteiger partial charge in [-0.05, 0) is 55.5 Å². The van der Waals surface area contributed by atoms with Crippen LogP contribution in [0.2, 0.25) is 10.0 Å². The van der Waals surface area contributed by atoms with Gasteiger partial charge in [0.25, 0.3) is 5.91 Å². The Kier molecular flexibility index (Phi) is 6.86. The van der Waals surface area contributed by atoms with Gasteiger partial charge in [0, 0.05) is 27.6 Å². The van der Waals surface area contributed by atoms with E-state index in [0.29, 0.717) is 21.4 Å². The monoisotopic (exact) mass is 378 g/mol. The molecule has 0 spiro atoms. The number of hydrogen-bond donors (Lipinski definition) is 2. The molecule has 7 heteroatoms. The number of hydrogen-bond acceptors (Lipinski definition) is 4. The molecule has 0 unspecified atom stereocenters. The van der Waals surface area contributed by atoms with Crippen molar-refractivity contribution >= 4 is 46.5 Å². The maximum atomic E-state index is 12.4. The van der Waals surface area contributed by atoms with Crippen LogP contribution in [0.1, 0.15) is 6.92 Å². The maximum Gasteiger partial charge on any atom is 0.345 e. The van der Waals surface area contributed by atoms with Crippen LogP contribution in [0.3, 0.4) is 0 Å². The number of benzene rings is 2. The third-order valence-corrected chi connectivity index (χ3v) is 3.57. The second kappa shape index (κ2) is 9.11. The van der Waals surface area contributed by atoms with E-state index in [0.717, 1.165) is 0 Å². The van der Waals surface area contributed by atoms with Crippen LogP contribution in [0.4, 0.5) is 11.4 Å². The summed E-state index contributed by atoms with van der Waals surface area (Å²) in [6.07, 6.45) is 1.30.